The van der Waals surface area contributed by atoms with Crippen LogP contribution in [0.3, 0.4) is 0 Å². The standard InChI is InChI=1S/C20H31N5O5S/c1-20(2)18(26)25(14-5-6-15(11-14)29-3)17-16(30-20)12-21-19(23-17)22-13-7-9-24(10-8-13)31(4,27)28/h12-15H,5-11H2,1-4H3,(H,21,22,23). The Kier molecular flexibility index (Phi) is 5.86. The molecular formula is C20H31N5O5S. The van der Waals surface area contributed by atoms with Crippen molar-refractivity contribution in [2.45, 2.75) is 69.7 Å². The Morgan fingerprint density at radius 3 is 2.55 bits per heavy atom. The van der Waals surface area contributed by atoms with Crippen LogP contribution < -0.4 is 15.0 Å². The first kappa shape index (κ1) is 22.2. The lowest BCUT2D eigenvalue weighted by molar-refractivity contribution is -0.133. The van der Waals surface area contributed by atoms with Gasteiger partial charge in [-0.1, -0.05) is 0 Å². The van der Waals surface area contributed by atoms with Gasteiger partial charge >= 0.3 is 0 Å². The van der Waals surface area contributed by atoms with E-state index in [1.54, 1.807) is 32.1 Å². The number of amides is 1. The topological polar surface area (TPSA) is 114 Å². The Morgan fingerprint density at radius 1 is 1.23 bits per heavy atom. The number of carbonyl (C=O) groups excluding carboxylic acids is 1. The first-order chi connectivity index (χ1) is 14.6. The summed E-state index contributed by atoms with van der Waals surface area (Å²) in [5, 5.41) is 3.31. The second-order valence-corrected chi connectivity index (χ2v) is 11.1. The minimum Gasteiger partial charge on any atom is -0.472 e. The Bertz CT molecular complexity index is 945. The van der Waals surface area contributed by atoms with E-state index in [0.717, 1.165) is 19.3 Å². The molecule has 1 aliphatic carbocycles. The molecule has 4 rings (SSSR count). The van der Waals surface area contributed by atoms with Gasteiger partial charge in [0.25, 0.3) is 5.91 Å². The third-order valence-electron chi connectivity index (χ3n) is 6.37. The van der Waals surface area contributed by atoms with Crippen molar-refractivity contribution in [3.63, 3.8) is 0 Å². The van der Waals surface area contributed by atoms with Crippen molar-refractivity contribution in [2.75, 3.05) is 36.7 Å². The van der Waals surface area contributed by atoms with Gasteiger partial charge in [0.05, 0.1) is 18.6 Å². The summed E-state index contributed by atoms with van der Waals surface area (Å²) in [4.78, 5) is 24.0. The normalized spacial score (nSPS) is 27.1. The average Bonchev–Trinajstić information content (AvgIpc) is 3.18. The Morgan fingerprint density at radius 2 is 1.94 bits per heavy atom. The third kappa shape index (κ3) is 4.49. The molecule has 0 spiro atoms. The lowest BCUT2D eigenvalue weighted by atomic mass is 10.0. The maximum Gasteiger partial charge on any atom is 0.272 e. The highest BCUT2D eigenvalue weighted by molar-refractivity contribution is 7.88. The number of methoxy groups -OCH3 is 1. The number of anilines is 2. The van der Waals surface area contributed by atoms with Gasteiger partial charge in [-0.2, -0.15) is 4.98 Å². The van der Waals surface area contributed by atoms with Crippen molar-refractivity contribution >= 4 is 27.7 Å². The van der Waals surface area contributed by atoms with Gasteiger partial charge < -0.3 is 14.8 Å². The molecule has 1 saturated carbocycles. The fourth-order valence-corrected chi connectivity index (χ4v) is 5.47. The zero-order chi connectivity index (χ0) is 22.4. The van der Waals surface area contributed by atoms with Gasteiger partial charge in [-0.05, 0) is 46.0 Å². The minimum atomic E-state index is -3.17. The van der Waals surface area contributed by atoms with Crippen LogP contribution in [-0.4, -0.2) is 78.8 Å². The van der Waals surface area contributed by atoms with Gasteiger partial charge in [0.15, 0.2) is 17.2 Å². The molecule has 0 radical (unpaired) electrons. The van der Waals surface area contributed by atoms with E-state index in [1.165, 1.54) is 10.6 Å². The number of sulfonamides is 1. The molecule has 3 heterocycles. The van der Waals surface area contributed by atoms with E-state index >= 15 is 0 Å². The summed E-state index contributed by atoms with van der Waals surface area (Å²) in [7, 11) is -1.47. The summed E-state index contributed by atoms with van der Waals surface area (Å²) < 4.78 is 36.4. The van der Waals surface area contributed by atoms with Crippen LogP contribution in [0.15, 0.2) is 6.20 Å². The minimum absolute atomic E-state index is 0.000115. The number of ether oxygens (including phenoxy) is 2. The molecule has 1 saturated heterocycles. The smallest absolute Gasteiger partial charge is 0.272 e. The molecule has 2 atom stereocenters. The molecule has 172 valence electrons. The fourth-order valence-electron chi connectivity index (χ4n) is 4.60. The van der Waals surface area contributed by atoms with Crippen molar-refractivity contribution in [2.24, 2.45) is 0 Å². The number of piperidine rings is 1. The van der Waals surface area contributed by atoms with E-state index in [2.05, 4.69) is 15.3 Å². The van der Waals surface area contributed by atoms with E-state index in [4.69, 9.17) is 9.47 Å². The van der Waals surface area contributed by atoms with E-state index in [-0.39, 0.29) is 24.1 Å². The molecule has 11 heteroatoms. The summed E-state index contributed by atoms with van der Waals surface area (Å²) >= 11 is 0. The van der Waals surface area contributed by atoms with Crippen LogP contribution in [-0.2, 0) is 19.6 Å². The highest BCUT2D eigenvalue weighted by Crippen LogP contribution is 2.41. The van der Waals surface area contributed by atoms with Crippen LogP contribution in [0.5, 0.6) is 5.75 Å². The van der Waals surface area contributed by atoms with Crippen LogP contribution in [0, 0.1) is 0 Å². The molecular weight excluding hydrogens is 422 g/mol. The number of hydrogen-bond donors (Lipinski definition) is 1. The highest BCUT2D eigenvalue weighted by atomic mass is 32.2. The van der Waals surface area contributed by atoms with E-state index < -0.39 is 15.6 Å². The molecule has 1 aromatic heterocycles. The van der Waals surface area contributed by atoms with Crippen molar-refractivity contribution in [1.29, 1.82) is 0 Å². The molecule has 0 aromatic carbocycles. The van der Waals surface area contributed by atoms with Gasteiger partial charge in [0.2, 0.25) is 16.0 Å². The summed E-state index contributed by atoms with van der Waals surface area (Å²) in [6.07, 6.45) is 6.81. The quantitative estimate of drug-likeness (QED) is 0.711. The lowest BCUT2D eigenvalue weighted by Gasteiger charge is -2.40. The first-order valence-electron chi connectivity index (χ1n) is 10.7. The average molecular weight is 454 g/mol. The second-order valence-electron chi connectivity index (χ2n) is 9.07. The van der Waals surface area contributed by atoms with E-state index in [1.807, 2.05) is 0 Å². The SMILES string of the molecule is COC1CCC(N2C(=O)C(C)(C)Oc3cnc(NC4CCN(S(C)(=O)=O)CC4)nc32)C1. The summed E-state index contributed by atoms with van der Waals surface area (Å²) in [5.74, 6) is 1.27. The number of hydrogen-bond acceptors (Lipinski definition) is 8. The molecule has 2 aliphatic heterocycles. The van der Waals surface area contributed by atoms with Crippen molar-refractivity contribution in [3.05, 3.63) is 6.20 Å². The Labute approximate surface area is 183 Å². The fraction of sp³-hybridized carbons (Fsp3) is 0.750. The molecule has 0 bridgehead atoms. The van der Waals surface area contributed by atoms with Crippen LogP contribution in [0.1, 0.15) is 46.0 Å². The van der Waals surface area contributed by atoms with Gasteiger partial charge in [-0.3, -0.25) is 9.69 Å². The number of nitrogens with zero attached hydrogens (tertiary/aromatic N) is 4. The lowest BCUT2D eigenvalue weighted by Crippen LogP contribution is -2.56. The number of carbonyl (C=O) groups is 1. The molecule has 1 N–H and O–H groups in total. The zero-order valence-corrected chi connectivity index (χ0v) is 19.3. The monoisotopic (exact) mass is 453 g/mol. The first-order valence-corrected chi connectivity index (χ1v) is 12.6. The molecule has 10 nitrogen and oxygen atoms in total. The highest BCUT2D eigenvalue weighted by Gasteiger charge is 2.46. The number of nitrogens with one attached hydrogen (secondary N) is 1. The van der Waals surface area contributed by atoms with Crippen LogP contribution in [0.2, 0.25) is 0 Å². The van der Waals surface area contributed by atoms with E-state index in [9.17, 15) is 13.2 Å². The van der Waals surface area contributed by atoms with E-state index in [0.29, 0.717) is 43.4 Å². The van der Waals surface area contributed by atoms with Gasteiger partial charge in [-0.25, -0.2) is 17.7 Å². The largest absolute Gasteiger partial charge is 0.472 e. The van der Waals surface area contributed by atoms with Gasteiger partial charge in [-0.15, -0.1) is 0 Å². The molecule has 1 amide bonds. The summed E-state index contributed by atoms with van der Waals surface area (Å²) in [6.45, 7) is 4.44. The Balaban J connectivity index is 1.54. The van der Waals surface area contributed by atoms with Gasteiger partial charge in [0, 0.05) is 32.3 Å². The molecule has 2 unspecified atom stereocenters. The third-order valence-corrected chi connectivity index (χ3v) is 7.68. The second kappa shape index (κ2) is 8.18. The predicted molar refractivity (Wildman–Crippen MR) is 116 cm³/mol. The van der Waals surface area contributed by atoms with Crippen LogP contribution >= 0.6 is 0 Å². The number of aromatic nitrogens is 2. The van der Waals surface area contributed by atoms with Crippen molar-refractivity contribution < 1.29 is 22.7 Å². The molecule has 2 fully saturated rings. The molecule has 3 aliphatic rings. The van der Waals surface area contributed by atoms with Gasteiger partial charge in [0.1, 0.15) is 0 Å². The number of rotatable bonds is 5. The predicted octanol–water partition coefficient (Wildman–Crippen LogP) is 1.38. The summed E-state index contributed by atoms with van der Waals surface area (Å²) in [5.41, 5.74) is -0.991. The van der Waals surface area contributed by atoms with Crippen molar-refractivity contribution in [3.8, 4) is 5.75 Å². The van der Waals surface area contributed by atoms with Crippen molar-refractivity contribution in [1.82, 2.24) is 14.3 Å². The van der Waals surface area contributed by atoms with Crippen LogP contribution in [0.4, 0.5) is 11.8 Å². The maximum absolute atomic E-state index is 13.2. The molecule has 31 heavy (non-hydrogen) atoms. The Hall–Kier alpha value is -1.98. The zero-order valence-electron chi connectivity index (χ0n) is 18.5. The van der Waals surface area contributed by atoms with Crippen LogP contribution in [0.25, 0.3) is 0 Å². The summed E-state index contributed by atoms with van der Waals surface area (Å²) in [6, 6.07) is 0.0608. The maximum atomic E-state index is 13.2. The number of fused-ring (bicyclic) bond motifs is 1. The molecule has 1 aromatic rings.